The van der Waals surface area contributed by atoms with Crippen LogP contribution in [0.3, 0.4) is 0 Å². The van der Waals surface area contributed by atoms with Gasteiger partial charge < -0.3 is 15.4 Å². The van der Waals surface area contributed by atoms with Crippen LogP contribution in [-0.2, 0) is 0 Å². The molecule has 5 nitrogen and oxygen atoms in total. The Hall–Kier alpha value is -2.37. The minimum Gasteiger partial charge on any atom is -0.497 e. The van der Waals surface area contributed by atoms with E-state index in [-0.39, 0.29) is 11.8 Å². The number of hydrogen-bond acceptors (Lipinski definition) is 5. The highest BCUT2D eigenvalue weighted by Crippen LogP contribution is 2.23. The number of piperazine rings is 1. The molecule has 0 spiro atoms. The molecule has 138 valence electrons. The van der Waals surface area contributed by atoms with E-state index in [4.69, 9.17) is 10.5 Å². The highest BCUT2D eigenvalue weighted by atomic mass is 16.5. The Labute approximate surface area is 155 Å². The second-order valence-corrected chi connectivity index (χ2v) is 6.74. The average Bonchev–Trinajstić information content (AvgIpc) is 2.68. The van der Waals surface area contributed by atoms with Crippen LogP contribution < -0.4 is 15.4 Å². The van der Waals surface area contributed by atoms with E-state index < -0.39 is 0 Å². The predicted molar refractivity (Wildman–Crippen MR) is 105 cm³/mol. The van der Waals surface area contributed by atoms with Crippen molar-refractivity contribution >= 4 is 11.5 Å². The fourth-order valence-electron chi connectivity index (χ4n) is 3.51. The first-order valence-corrected chi connectivity index (χ1v) is 9.05. The molecule has 26 heavy (non-hydrogen) atoms. The van der Waals surface area contributed by atoms with Crippen molar-refractivity contribution in [3.63, 3.8) is 0 Å². The van der Waals surface area contributed by atoms with E-state index >= 15 is 0 Å². The summed E-state index contributed by atoms with van der Waals surface area (Å²) in [7, 11) is 1.69. The smallest absolute Gasteiger partial charge is 0.160 e. The number of carbonyl (C=O) groups is 1. The molecule has 0 aliphatic carbocycles. The first-order chi connectivity index (χ1) is 12.6. The summed E-state index contributed by atoms with van der Waals surface area (Å²) in [5, 5.41) is 0. The van der Waals surface area contributed by atoms with Crippen molar-refractivity contribution in [1.82, 2.24) is 4.90 Å². The molecule has 2 aromatic rings. The van der Waals surface area contributed by atoms with Crippen LogP contribution >= 0.6 is 0 Å². The number of Topliss-reactive ketones (excluding diaryl/α,β-unsaturated/α-hetero) is 1. The molecule has 1 aliphatic heterocycles. The van der Waals surface area contributed by atoms with Gasteiger partial charge in [-0.05, 0) is 24.6 Å². The van der Waals surface area contributed by atoms with E-state index in [1.54, 1.807) is 14.0 Å². The summed E-state index contributed by atoms with van der Waals surface area (Å²) in [5.74, 6) is 0.951. The summed E-state index contributed by atoms with van der Waals surface area (Å²) in [4.78, 5) is 16.6. The standard InChI is InChI=1S/C21H27N3O2/c1-16(25)19-8-3-4-9-20(19)21(22)15-23-10-12-24(13-11-23)17-6-5-7-18(14-17)26-2/h3-9,14,21H,10-13,15,22H2,1-2H3. The lowest BCUT2D eigenvalue weighted by molar-refractivity contribution is 0.101. The lowest BCUT2D eigenvalue weighted by Gasteiger charge is -2.37. The molecule has 1 aliphatic rings. The Morgan fingerprint density at radius 1 is 1.12 bits per heavy atom. The first kappa shape index (κ1) is 18.4. The van der Waals surface area contributed by atoms with Gasteiger partial charge in [0.25, 0.3) is 0 Å². The number of nitrogens with zero attached hydrogens (tertiary/aromatic N) is 2. The molecular formula is C21H27N3O2. The second kappa shape index (κ2) is 8.34. The molecule has 0 radical (unpaired) electrons. The maximum atomic E-state index is 11.8. The van der Waals surface area contributed by atoms with E-state index in [1.807, 2.05) is 36.4 Å². The molecule has 1 saturated heterocycles. The molecule has 0 bridgehead atoms. The maximum Gasteiger partial charge on any atom is 0.160 e. The monoisotopic (exact) mass is 353 g/mol. The third-order valence-corrected chi connectivity index (χ3v) is 4.99. The number of methoxy groups -OCH3 is 1. The van der Waals surface area contributed by atoms with Crippen LogP contribution in [0.2, 0.25) is 0 Å². The summed E-state index contributed by atoms with van der Waals surface area (Å²) in [6, 6.07) is 15.7. The van der Waals surface area contributed by atoms with E-state index in [0.717, 1.165) is 49.6 Å². The number of nitrogens with two attached hydrogens (primary N) is 1. The molecule has 5 heteroatoms. The van der Waals surface area contributed by atoms with E-state index in [9.17, 15) is 4.79 Å². The molecule has 1 unspecified atom stereocenters. The Bertz CT molecular complexity index is 754. The zero-order valence-corrected chi connectivity index (χ0v) is 15.5. The van der Waals surface area contributed by atoms with Gasteiger partial charge in [0.1, 0.15) is 5.75 Å². The van der Waals surface area contributed by atoms with Crippen molar-refractivity contribution in [2.24, 2.45) is 5.73 Å². The zero-order valence-electron chi connectivity index (χ0n) is 15.5. The topological polar surface area (TPSA) is 58.8 Å². The fraction of sp³-hybridized carbons (Fsp3) is 0.381. The van der Waals surface area contributed by atoms with Crippen molar-refractivity contribution in [2.45, 2.75) is 13.0 Å². The third kappa shape index (κ3) is 4.23. The quantitative estimate of drug-likeness (QED) is 0.809. The highest BCUT2D eigenvalue weighted by molar-refractivity contribution is 5.95. The van der Waals surface area contributed by atoms with Gasteiger partial charge in [-0.1, -0.05) is 30.3 Å². The van der Waals surface area contributed by atoms with Gasteiger partial charge in [-0.2, -0.15) is 0 Å². The first-order valence-electron chi connectivity index (χ1n) is 9.05. The molecule has 0 saturated carbocycles. The van der Waals surface area contributed by atoms with Gasteiger partial charge in [0.15, 0.2) is 5.78 Å². The number of carbonyl (C=O) groups excluding carboxylic acids is 1. The van der Waals surface area contributed by atoms with Gasteiger partial charge >= 0.3 is 0 Å². The van der Waals surface area contributed by atoms with Crippen LogP contribution in [0.15, 0.2) is 48.5 Å². The molecule has 1 heterocycles. The molecule has 2 aromatic carbocycles. The van der Waals surface area contributed by atoms with Crippen LogP contribution in [0.25, 0.3) is 0 Å². The Morgan fingerprint density at radius 3 is 2.54 bits per heavy atom. The highest BCUT2D eigenvalue weighted by Gasteiger charge is 2.21. The molecule has 2 N–H and O–H groups in total. The number of anilines is 1. The molecule has 0 aromatic heterocycles. The number of ether oxygens (including phenoxy) is 1. The minimum absolute atomic E-state index is 0.0684. The maximum absolute atomic E-state index is 11.8. The van der Waals surface area contributed by atoms with Crippen LogP contribution in [0.5, 0.6) is 5.75 Å². The summed E-state index contributed by atoms with van der Waals surface area (Å²) < 4.78 is 5.32. The van der Waals surface area contributed by atoms with Crippen molar-refractivity contribution in [3.8, 4) is 5.75 Å². The molecule has 1 atom stereocenters. The molecule has 3 rings (SSSR count). The summed E-state index contributed by atoms with van der Waals surface area (Å²) in [6.45, 7) is 6.16. The van der Waals surface area contributed by atoms with Gasteiger partial charge in [0.05, 0.1) is 7.11 Å². The lowest BCUT2D eigenvalue weighted by Crippen LogP contribution is -2.48. The number of benzene rings is 2. The van der Waals surface area contributed by atoms with Crippen LogP contribution in [0, 0.1) is 0 Å². The zero-order chi connectivity index (χ0) is 18.5. The summed E-state index contributed by atoms with van der Waals surface area (Å²) >= 11 is 0. The number of rotatable bonds is 6. The normalized spacial score (nSPS) is 16.3. The molecule has 0 amide bonds. The average molecular weight is 353 g/mol. The molecule has 1 fully saturated rings. The SMILES string of the molecule is COc1cccc(N2CCN(CC(N)c3ccccc3C(C)=O)CC2)c1. The Kier molecular flexibility index (Phi) is 5.91. The van der Waals surface area contributed by atoms with Crippen LogP contribution in [0.4, 0.5) is 5.69 Å². The van der Waals surface area contributed by atoms with E-state index in [2.05, 4.69) is 21.9 Å². The Balaban J connectivity index is 1.59. The van der Waals surface area contributed by atoms with Gasteiger partial charge in [0, 0.05) is 56.1 Å². The Morgan fingerprint density at radius 2 is 1.85 bits per heavy atom. The van der Waals surface area contributed by atoms with Gasteiger partial charge in [-0.25, -0.2) is 0 Å². The van der Waals surface area contributed by atoms with Crippen LogP contribution in [0.1, 0.15) is 28.9 Å². The van der Waals surface area contributed by atoms with Gasteiger partial charge in [-0.3, -0.25) is 9.69 Å². The summed E-state index contributed by atoms with van der Waals surface area (Å²) in [5.41, 5.74) is 9.29. The van der Waals surface area contributed by atoms with Crippen molar-refractivity contribution in [3.05, 3.63) is 59.7 Å². The van der Waals surface area contributed by atoms with Gasteiger partial charge in [-0.15, -0.1) is 0 Å². The van der Waals surface area contributed by atoms with Crippen molar-refractivity contribution in [1.29, 1.82) is 0 Å². The van der Waals surface area contributed by atoms with E-state index in [0.29, 0.717) is 0 Å². The van der Waals surface area contributed by atoms with E-state index in [1.165, 1.54) is 5.69 Å². The third-order valence-electron chi connectivity index (χ3n) is 4.99. The van der Waals surface area contributed by atoms with Gasteiger partial charge in [0.2, 0.25) is 0 Å². The summed E-state index contributed by atoms with van der Waals surface area (Å²) in [6.07, 6.45) is 0. The number of hydrogen-bond donors (Lipinski definition) is 1. The molecular weight excluding hydrogens is 326 g/mol. The van der Waals surface area contributed by atoms with Crippen molar-refractivity contribution in [2.75, 3.05) is 44.7 Å². The predicted octanol–water partition coefficient (Wildman–Crippen LogP) is 2.72. The minimum atomic E-state index is -0.154. The van der Waals surface area contributed by atoms with Crippen molar-refractivity contribution < 1.29 is 9.53 Å². The fourth-order valence-corrected chi connectivity index (χ4v) is 3.51. The number of ketones is 1. The largest absolute Gasteiger partial charge is 0.497 e. The lowest BCUT2D eigenvalue weighted by atomic mass is 9.98. The van der Waals surface area contributed by atoms with Crippen LogP contribution in [-0.4, -0.2) is 50.5 Å². The second-order valence-electron chi connectivity index (χ2n) is 6.74.